The summed E-state index contributed by atoms with van der Waals surface area (Å²) >= 11 is 0. The number of hydrogen-bond donors (Lipinski definition) is 0. The predicted molar refractivity (Wildman–Crippen MR) is 70.9 cm³/mol. The van der Waals surface area contributed by atoms with Gasteiger partial charge in [-0.05, 0) is 35.5 Å². The van der Waals surface area contributed by atoms with Crippen molar-refractivity contribution in [2.45, 2.75) is 61.8 Å². The second kappa shape index (κ2) is 6.55. The summed E-state index contributed by atoms with van der Waals surface area (Å²) in [5.41, 5.74) is 0. The van der Waals surface area contributed by atoms with Gasteiger partial charge in [-0.3, -0.25) is 0 Å². The molecule has 0 radical (unpaired) electrons. The molecule has 0 heteroatoms. The Bertz CT molecular complexity index is 147. The van der Waals surface area contributed by atoms with Gasteiger partial charge in [-0.1, -0.05) is 61.8 Å². The molecule has 0 aromatic heterocycles. The highest BCUT2D eigenvalue weighted by Gasteiger charge is 2.32. The van der Waals surface area contributed by atoms with Crippen molar-refractivity contribution >= 4 is 0 Å². The molecule has 0 aromatic rings. The topological polar surface area (TPSA) is 0 Å². The molecular formula is C15H32. The highest BCUT2D eigenvalue weighted by Crippen LogP contribution is 2.39. The van der Waals surface area contributed by atoms with Gasteiger partial charge in [0, 0.05) is 0 Å². The Labute approximate surface area is 97.8 Å². The second-order valence-electron chi connectivity index (χ2n) is 6.27. The van der Waals surface area contributed by atoms with Crippen molar-refractivity contribution in [2.75, 3.05) is 0 Å². The van der Waals surface area contributed by atoms with Crippen LogP contribution >= 0.6 is 0 Å². The standard InChI is InChI=1S/C15H32/c1-9-13(8)15(12(6)7)14(10(2)3)11(4)5/h10-15H,9H2,1-8H3. The minimum absolute atomic E-state index is 0.811. The predicted octanol–water partition coefficient (Wildman–Crippen LogP) is 5.23. The van der Waals surface area contributed by atoms with Crippen LogP contribution in [0.2, 0.25) is 0 Å². The van der Waals surface area contributed by atoms with Crippen molar-refractivity contribution in [3.8, 4) is 0 Å². The third kappa shape index (κ3) is 4.17. The quantitative estimate of drug-likeness (QED) is 0.565. The molecule has 0 saturated heterocycles. The maximum Gasteiger partial charge on any atom is -0.0332 e. The van der Waals surface area contributed by atoms with E-state index in [4.69, 9.17) is 0 Å². The highest BCUT2D eigenvalue weighted by atomic mass is 14.4. The van der Waals surface area contributed by atoms with Crippen LogP contribution in [0.4, 0.5) is 0 Å². The van der Waals surface area contributed by atoms with Gasteiger partial charge in [-0.15, -0.1) is 0 Å². The van der Waals surface area contributed by atoms with Gasteiger partial charge in [0.1, 0.15) is 0 Å². The van der Waals surface area contributed by atoms with Gasteiger partial charge in [0.05, 0.1) is 0 Å². The molecule has 0 N–H and O–H groups in total. The van der Waals surface area contributed by atoms with E-state index < -0.39 is 0 Å². The van der Waals surface area contributed by atoms with E-state index in [0.717, 1.165) is 35.5 Å². The van der Waals surface area contributed by atoms with E-state index in [0.29, 0.717) is 0 Å². The van der Waals surface area contributed by atoms with Crippen molar-refractivity contribution < 1.29 is 0 Å². The minimum atomic E-state index is 0.811. The van der Waals surface area contributed by atoms with Crippen LogP contribution in [-0.4, -0.2) is 0 Å². The van der Waals surface area contributed by atoms with Crippen LogP contribution in [0.3, 0.4) is 0 Å². The summed E-state index contributed by atoms with van der Waals surface area (Å²) in [6.45, 7) is 19.1. The smallest absolute Gasteiger partial charge is 0.0332 e. The van der Waals surface area contributed by atoms with E-state index >= 15 is 0 Å². The molecule has 0 rings (SSSR count). The first kappa shape index (κ1) is 15.0. The van der Waals surface area contributed by atoms with Gasteiger partial charge in [0.25, 0.3) is 0 Å². The zero-order valence-corrected chi connectivity index (χ0v) is 12.2. The Balaban J connectivity index is 4.84. The highest BCUT2D eigenvalue weighted by molar-refractivity contribution is 4.81. The molecule has 2 unspecified atom stereocenters. The molecule has 0 fully saturated rings. The summed E-state index contributed by atoms with van der Waals surface area (Å²) in [6.07, 6.45) is 1.32. The third-order valence-electron chi connectivity index (χ3n) is 4.05. The fraction of sp³-hybridized carbons (Fsp3) is 1.00. The van der Waals surface area contributed by atoms with Crippen LogP contribution in [0.5, 0.6) is 0 Å². The second-order valence-corrected chi connectivity index (χ2v) is 6.27. The summed E-state index contributed by atoms with van der Waals surface area (Å²) in [4.78, 5) is 0. The summed E-state index contributed by atoms with van der Waals surface area (Å²) in [6, 6.07) is 0. The average Bonchev–Trinajstić information content (AvgIpc) is 2.10. The lowest BCUT2D eigenvalue weighted by molar-refractivity contribution is 0.0923. The Kier molecular flexibility index (Phi) is 6.55. The van der Waals surface area contributed by atoms with Gasteiger partial charge >= 0.3 is 0 Å². The van der Waals surface area contributed by atoms with Gasteiger partial charge < -0.3 is 0 Å². The SMILES string of the molecule is CCC(C)C(C(C)C)C(C(C)C)C(C)C. The number of rotatable bonds is 6. The first-order valence-corrected chi connectivity index (χ1v) is 6.82. The van der Waals surface area contributed by atoms with Crippen LogP contribution in [0.1, 0.15) is 61.8 Å². The zero-order chi connectivity index (χ0) is 12.2. The van der Waals surface area contributed by atoms with E-state index in [9.17, 15) is 0 Å². The van der Waals surface area contributed by atoms with Crippen molar-refractivity contribution in [2.24, 2.45) is 35.5 Å². The van der Waals surface area contributed by atoms with E-state index in [1.165, 1.54) is 6.42 Å². The van der Waals surface area contributed by atoms with E-state index in [1.54, 1.807) is 0 Å². The van der Waals surface area contributed by atoms with Crippen molar-refractivity contribution in [3.63, 3.8) is 0 Å². The van der Waals surface area contributed by atoms with E-state index in [2.05, 4.69) is 55.4 Å². The van der Waals surface area contributed by atoms with Crippen LogP contribution < -0.4 is 0 Å². The molecule has 0 aliphatic carbocycles. The van der Waals surface area contributed by atoms with Crippen LogP contribution in [0.15, 0.2) is 0 Å². The lowest BCUT2D eigenvalue weighted by atomic mass is 9.66. The molecule has 92 valence electrons. The zero-order valence-electron chi connectivity index (χ0n) is 12.2. The van der Waals surface area contributed by atoms with Gasteiger partial charge in [0.15, 0.2) is 0 Å². The number of hydrogen-bond acceptors (Lipinski definition) is 0. The van der Waals surface area contributed by atoms with Crippen LogP contribution in [0, 0.1) is 35.5 Å². The Morgan fingerprint density at radius 3 is 1.13 bits per heavy atom. The molecule has 0 bridgehead atoms. The summed E-state index contributed by atoms with van der Waals surface area (Å²) < 4.78 is 0. The molecule has 0 aliphatic rings. The van der Waals surface area contributed by atoms with Gasteiger partial charge in [-0.2, -0.15) is 0 Å². The summed E-state index contributed by atoms with van der Waals surface area (Å²) in [5.74, 6) is 5.06. The molecule has 0 saturated carbocycles. The lowest BCUT2D eigenvalue weighted by Crippen LogP contribution is -2.33. The Morgan fingerprint density at radius 1 is 0.600 bits per heavy atom. The van der Waals surface area contributed by atoms with E-state index in [-0.39, 0.29) is 0 Å². The first-order valence-electron chi connectivity index (χ1n) is 6.82. The summed E-state index contributed by atoms with van der Waals surface area (Å²) in [5, 5.41) is 0. The fourth-order valence-corrected chi connectivity index (χ4v) is 3.41. The molecule has 0 nitrogen and oxygen atoms in total. The molecule has 0 aliphatic heterocycles. The van der Waals surface area contributed by atoms with Crippen molar-refractivity contribution in [1.29, 1.82) is 0 Å². The maximum atomic E-state index is 2.43. The van der Waals surface area contributed by atoms with Crippen molar-refractivity contribution in [3.05, 3.63) is 0 Å². The molecule has 0 amide bonds. The maximum absolute atomic E-state index is 2.43. The third-order valence-corrected chi connectivity index (χ3v) is 4.05. The Hall–Kier alpha value is 0. The van der Waals surface area contributed by atoms with Crippen molar-refractivity contribution in [1.82, 2.24) is 0 Å². The minimum Gasteiger partial charge on any atom is -0.0651 e. The monoisotopic (exact) mass is 212 g/mol. The molecule has 0 spiro atoms. The van der Waals surface area contributed by atoms with Crippen LogP contribution in [0.25, 0.3) is 0 Å². The van der Waals surface area contributed by atoms with Crippen LogP contribution in [-0.2, 0) is 0 Å². The average molecular weight is 212 g/mol. The molecule has 15 heavy (non-hydrogen) atoms. The first-order chi connectivity index (χ1) is 6.82. The summed E-state index contributed by atoms with van der Waals surface area (Å²) in [7, 11) is 0. The lowest BCUT2D eigenvalue weighted by Gasteiger charge is -2.39. The Morgan fingerprint density at radius 2 is 0.933 bits per heavy atom. The van der Waals surface area contributed by atoms with E-state index in [1.807, 2.05) is 0 Å². The molecule has 2 atom stereocenters. The van der Waals surface area contributed by atoms with Gasteiger partial charge in [0.2, 0.25) is 0 Å². The molecule has 0 aromatic carbocycles. The molecular weight excluding hydrogens is 180 g/mol. The van der Waals surface area contributed by atoms with Gasteiger partial charge in [-0.25, -0.2) is 0 Å². The largest absolute Gasteiger partial charge is 0.0651 e. The molecule has 0 heterocycles. The fourth-order valence-electron chi connectivity index (χ4n) is 3.41. The normalized spacial score (nSPS) is 16.8.